The van der Waals surface area contributed by atoms with Crippen LogP contribution in [-0.2, 0) is 16.1 Å². The predicted molar refractivity (Wildman–Crippen MR) is 127 cm³/mol. The first-order chi connectivity index (χ1) is 17.0. The van der Waals surface area contributed by atoms with Crippen LogP contribution < -0.4 is 9.47 Å². The maximum absolute atomic E-state index is 13.2. The van der Waals surface area contributed by atoms with Gasteiger partial charge in [-0.15, -0.1) is 0 Å². The zero-order valence-corrected chi connectivity index (χ0v) is 19.6. The van der Waals surface area contributed by atoms with Crippen LogP contribution in [0.3, 0.4) is 0 Å². The number of ether oxygens (including phenoxy) is 3. The lowest BCUT2D eigenvalue weighted by molar-refractivity contribution is -0.129. The zero-order chi connectivity index (χ0) is 24.8. The molecule has 1 aromatic heterocycles. The summed E-state index contributed by atoms with van der Waals surface area (Å²) in [4.78, 5) is 27.7. The van der Waals surface area contributed by atoms with Crippen molar-refractivity contribution >= 4 is 11.7 Å². The van der Waals surface area contributed by atoms with E-state index >= 15 is 0 Å². The van der Waals surface area contributed by atoms with E-state index in [9.17, 15) is 14.7 Å². The van der Waals surface area contributed by atoms with E-state index in [1.54, 1.807) is 31.4 Å². The first kappa shape index (κ1) is 24.1. The van der Waals surface area contributed by atoms with Crippen LogP contribution in [0.15, 0.2) is 82.7 Å². The number of carbonyl (C=O) groups is 2. The van der Waals surface area contributed by atoms with E-state index in [0.717, 1.165) is 5.56 Å². The fourth-order valence-electron chi connectivity index (χ4n) is 4.09. The Labute approximate surface area is 203 Å². The Balaban J connectivity index is 1.68. The van der Waals surface area contributed by atoms with Crippen molar-refractivity contribution < 1.29 is 33.3 Å². The Hall–Kier alpha value is -4.04. The number of hydrogen-bond donors (Lipinski definition) is 1. The molecule has 1 aliphatic rings. The summed E-state index contributed by atoms with van der Waals surface area (Å²) in [6, 6.07) is 17.2. The Morgan fingerprint density at radius 3 is 2.54 bits per heavy atom. The van der Waals surface area contributed by atoms with E-state index in [4.69, 9.17) is 18.6 Å². The number of rotatable bonds is 11. The smallest absolute Gasteiger partial charge is 0.290 e. The van der Waals surface area contributed by atoms with Gasteiger partial charge in [0, 0.05) is 20.3 Å². The van der Waals surface area contributed by atoms with Crippen LogP contribution in [0, 0.1) is 0 Å². The fraction of sp³-hybridized carbons (Fsp3) is 0.259. The molecule has 0 saturated heterocycles. The van der Waals surface area contributed by atoms with Crippen molar-refractivity contribution in [2.24, 2.45) is 0 Å². The normalized spacial score (nSPS) is 15.5. The first-order valence-corrected chi connectivity index (χ1v) is 11.2. The monoisotopic (exact) mass is 477 g/mol. The van der Waals surface area contributed by atoms with Gasteiger partial charge in [-0.2, -0.15) is 0 Å². The average Bonchev–Trinajstić information content (AvgIpc) is 3.51. The minimum absolute atomic E-state index is 0.0395. The molecule has 182 valence electrons. The van der Waals surface area contributed by atoms with Gasteiger partial charge in [-0.05, 0) is 41.8 Å². The average molecular weight is 478 g/mol. The van der Waals surface area contributed by atoms with Crippen LogP contribution in [0.1, 0.15) is 34.1 Å². The van der Waals surface area contributed by atoms with Crippen LogP contribution in [0.5, 0.6) is 11.5 Å². The van der Waals surface area contributed by atoms with Crippen molar-refractivity contribution in [1.82, 2.24) is 4.90 Å². The minimum atomic E-state index is -0.825. The van der Waals surface area contributed by atoms with Crippen molar-refractivity contribution in [3.05, 3.63) is 95.1 Å². The molecule has 35 heavy (non-hydrogen) atoms. The number of carbonyl (C=O) groups excluding carboxylic acids is 2. The van der Waals surface area contributed by atoms with Gasteiger partial charge in [-0.1, -0.05) is 36.4 Å². The molecule has 1 aliphatic heterocycles. The van der Waals surface area contributed by atoms with Crippen molar-refractivity contribution in [2.45, 2.75) is 19.1 Å². The number of ketones is 1. The maximum atomic E-state index is 13.2. The van der Waals surface area contributed by atoms with Gasteiger partial charge >= 0.3 is 0 Å². The van der Waals surface area contributed by atoms with Gasteiger partial charge in [0.15, 0.2) is 23.0 Å². The standard InChI is InChI=1S/C27H27NO7/c1-32-14-7-13-28-24(23(26(30)27(28)31)25(29)21-10-6-15-34-21)19-11-12-20(22(16-19)33-2)35-17-18-8-4-3-5-9-18/h3-6,8-12,15-16,24,30H,7,13-14,17H2,1-2H3. The summed E-state index contributed by atoms with van der Waals surface area (Å²) in [5.74, 6) is -0.760. The van der Waals surface area contributed by atoms with Crippen LogP contribution in [-0.4, -0.2) is 49.1 Å². The third-order valence-corrected chi connectivity index (χ3v) is 5.78. The molecule has 8 nitrogen and oxygen atoms in total. The number of aliphatic hydroxyl groups is 1. The van der Waals surface area contributed by atoms with Crippen molar-refractivity contribution in [2.75, 3.05) is 27.4 Å². The van der Waals surface area contributed by atoms with E-state index in [2.05, 4.69) is 0 Å². The molecule has 2 aromatic carbocycles. The molecule has 0 saturated carbocycles. The molecule has 0 aliphatic carbocycles. The topological polar surface area (TPSA) is 98.4 Å². The molecule has 8 heteroatoms. The number of benzene rings is 2. The van der Waals surface area contributed by atoms with Crippen LogP contribution >= 0.6 is 0 Å². The van der Waals surface area contributed by atoms with E-state index in [-0.39, 0.29) is 17.9 Å². The number of methoxy groups -OCH3 is 2. The zero-order valence-electron chi connectivity index (χ0n) is 19.6. The minimum Gasteiger partial charge on any atom is -0.503 e. The molecule has 1 N–H and O–H groups in total. The summed E-state index contributed by atoms with van der Waals surface area (Å²) in [6.07, 6.45) is 1.90. The van der Waals surface area contributed by atoms with Gasteiger partial charge in [-0.25, -0.2) is 0 Å². The second-order valence-corrected chi connectivity index (χ2v) is 8.00. The SMILES string of the molecule is COCCCN1C(=O)C(O)=C(C(=O)c2ccco2)C1c1ccc(OCc2ccccc2)c(OC)c1. The van der Waals surface area contributed by atoms with E-state index in [0.29, 0.717) is 36.7 Å². The van der Waals surface area contributed by atoms with Gasteiger partial charge in [0.2, 0.25) is 5.78 Å². The van der Waals surface area contributed by atoms with E-state index in [1.807, 2.05) is 30.3 Å². The highest BCUT2D eigenvalue weighted by atomic mass is 16.5. The summed E-state index contributed by atoms with van der Waals surface area (Å²) in [7, 11) is 3.09. The summed E-state index contributed by atoms with van der Waals surface area (Å²) in [5, 5.41) is 10.7. The summed E-state index contributed by atoms with van der Waals surface area (Å²) >= 11 is 0. The Morgan fingerprint density at radius 2 is 1.86 bits per heavy atom. The largest absolute Gasteiger partial charge is 0.503 e. The number of aliphatic hydroxyl groups excluding tert-OH is 1. The van der Waals surface area contributed by atoms with Crippen LogP contribution in [0.4, 0.5) is 0 Å². The molecule has 2 heterocycles. The molecule has 1 atom stereocenters. The second-order valence-electron chi connectivity index (χ2n) is 8.00. The Morgan fingerprint density at radius 1 is 1.06 bits per heavy atom. The molecule has 3 aromatic rings. The predicted octanol–water partition coefficient (Wildman–Crippen LogP) is 4.48. The lowest BCUT2D eigenvalue weighted by Crippen LogP contribution is -2.32. The summed E-state index contributed by atoms with van der Waals surface area (Å²) in [5.41, 5.74) is 1.56. The summed E-state index contributed by atoms with van der Waals surface area (Å²) in [6.45, 7) is 1.06. The number of hydrogen-bond acceptors (Lipinski definition) is 7. The lowest BCUT2D eigenvalue weighted by atomic mass is 9.94. The Kier molecular flexibility index (Phi) is 7.52. The molecule has 0 radical (unpaired) electrons. The molecular formula is C27H27NO7. The molecule has 4 rings (SSSR count). The summed E-state index contributed by atoms with van der Waals surface area (Å²) < 4.78 is 21.9. The van der Waals surface area contributed by atoms with Crippen molar-refractivity contribution in [3.63, 3.8) is 0 Å². The van der Waals surface area contributed by atoms with E-state index in [1.165, 1.54) is 24.3 Å². The van der Waals surface area contributed by atoms with Crippen molar-refractivity contribution in [1.29, 1.82) is 0 Å². The van der Waals surface area contributed by atoms with Crippen LogP contribution in [0.25, 0.3) is 0 Å². The van der Waals surface area contributed by atoms with Gasteiger partial charge in [0.25, 0.3) is 5.91 Å². The third-order valence-electron chi connectivity index (χ3n) is 5.78. The number of nitrogens with zero attached hydrogens (tertiary/aromatic N) is 1. The highest BCUT2D eigenvalue weighted by molar-refractivity contribution is 6.15. The number of Topliss-reactive ketones (excluding diaryl/α,β-unsaturated/α-hetero) is 1. The fourth-order valence-corrected chi connectivity index (χ4v) is 4.09. The lowest BCUT2D eigenvalue weighted by Gasteiger charge is -2.27. The van der Waals surface area contributed by atoms with Gasteiger partial charge < -0.3 is 28.6 Å². The third kappa shape index (κ3) is 5.07. The molecule has 1 amide bonds. The van der Waals surface area contributed by atoms with Gasteiger partial charge in [0.05, 0.1) is 25.0 Å². The molecule has 0 spiro atoms. The van der Waals surface area contributed by atoms with Crippen LogP contribution in [0.2, 0.25) is 0 Å². The van der Waals surface area contributed by atoms with Crippen molar-refractivity contribution in [3.8, 4) is 11.5 Å². The molecular weight excluding hydrogens is 450 g/mol. The Bertz CT molecular complexity index is 1200. The number of amides is 1. The molecule has 0 fully saturated rings. The first-order valence-electron chi connectivity index (χ1n) is 11.2. The van der Waals surface area contributed by atoms with E-state index < -0.39 is 23.5 Å². The molecule has 1 unspecified atom stereocenters. The number of furan rings is 1. The second kappa shape index (κ2) is 10.9. The van der Waals surface area contributed by atoms with Gasteiger partial charge in [-0.3, -0.25) is 9.59 Å². The molecule has 0 bridgehead atoms. The quantitative estimate of drug-likeness (QED) is 0.321. The maximum Gasteiger partial charge on any atom is 0.290 e. The highest BCUT2D eigenvalue weighted by Crippen LogP contribution is 2.42. The van der Waals surface area contributed by atoms with Gasteiger partial charge in [0.1, 0.15) is 6.61 Å². The highest BCUT2D eigenvalue weighted by Gasteiger charge is 2.44.